The minimum Gasteiger partial charge on any atom is -0.457 e. The van der Waals surface area contributed by atoms with Crippen LogP contribution < -0.4 is 4.74 Å². The highest BCUT2D eigenvalue weighted by Gasteiger charge is 2.34. The number of amides is 1. The molecule has 0 spiro atoms. The molecule has 2 aromatic rings. The van der Waals surface area contributed by atoms with Gasteiger partial charge in [-0.1, -0.05) is 36.4 Å². The Morgan fingerprint density at radius 3 is 2.52 bits per heavy atom. The molecule has 29 heavy (non-hydrogen) atoms. The van der Waals surface area contributed by atoms with Crippen molar-refractivity contribution in [1.29, 1.82) is 0 Å². The highest BCUT2D eigenvalue weighted by molar-refractivity contribution is 6.69. The van der Waals surface area contributed by atoms with Gasteiger partial charge in [-0.05, 0) is 50.3 Å². The zero-order chi connectivity index (χ0) is 20.9. The molecular weight excluding hydrogens is 382 g/mol. The summed E-state index contributed by atoms with van der Waals surface area (Å²) < 4.78 is 18.0. The molecule has 0 saturated carbocycles. The summed E-state index contributed by atoms with van der Waals surface area (Å²) in [6.07, 6.45) is -0.0429. The van der Waals surface area contributed by atoms with Crippen LogP contribution in [0.15, 0.2) is 54.6 Å². The minimum atomic E-state index is -1.93. The third kappa shape index (κ3) is 6.16. The quantitative estimate of drug-likeness (QED) is 0.628. The van der Waals surface area contributed by atoms with Gasteiger partial charge in [-0.3, -0.25) is 4.79 Å². The summed E-state index contributed by atoms with van der Waals surface area (Å²) in [4.78, 5) is 15.3. The lowest BCUT2D eigenvalue weighted by Crippen LogP contribution is -2.53. The highest BCUT2D eigenvalue weighted by atomic mass is 28.4. The predicted molar refractivity (Wildman–Crippen MR) is 117 cm³/mol. The van der Waals surface area contributed by atoms with E-state index < -0.39 is 14.4 Å². The fourth-order valence-electron chi connectivity index (χ4n) is 3.43. The molecule has 1 fully saturated rings. The molecule has 2 atom stereocenters. The molecule has 1 aliphatic rings. The number of ether oxygens (including phenoxy) is 2. The SMILES string of the molecule is CC1COCCN1C(=O)C(Cc1ccccc1Oc1ccccc1)O[Si](C)(C)C. The Balaban J connectivity index is 1.83. The van der Waals surface area contributed by atoms with Gasteiger partial charge in [0.1, 0.15) is 17.6 Å². The van der Waals surface area contributed by atoms with Crippen molar-refractivity contribution in [2.75, 3.05) is 19.8 Å². The van der Waals surface area contributed by atoms with Gasteiger partial charge in [0.25, 0.3) is 5.91 Å². The van der Waals surface area contributed by atoms with E-state index in [1.54, 1.807) is 0 Å². The van der Waals surface area contributed by atoms with Gasteiger partial charge >= 0.3 is 0 Å². The van der Waals surface area contributed by atoms with E-state index in [0.29, 0.717) is 26.2 Å². The van der Waals surface area contributed by atoms with Crippen LogP contribution in [0.25, 0.3) is 0 Å². The molecule has 1 heterocycles. The normalized spacial score (nSPS) is 18.3. The van der Waals surface area contributed by atoms with E-state index in [0.717, 1.165) is 17.1 Å². The van der Waals surface area contributed by atoms with Crippen LogP contribution in [0, 0.1) is 0 Å². The highest BCUT2D eigenvalue weighted by Crippen LogP contribution is 2.28. The molecule has 3 rings (SSSR count). The van der Waals surface area contributed by atoms with Crippen LogP contribution in [0.4, 0.5) is 0 Å². The molecule has 5 nitrogen and oxygen atoms in total. The monoisotopic (exact) mass is 413 g/mol. The van der Waals surface area contributed by atoms with E-state index in [9.17, 15) is 4.79 Å². The minimum absolute atomic E-state index is 0.0396. The molecule has 1 aliphatic heterocycles. The van der Waals surface area contributed by atoms with Gasteiger partial charge in [-0.2, -0.15) is 0 Å². The van der Waals surface area contributed by atoms with Gasteiger partial charge < -0.3 is 18.8 Å². The first-order valence-corrected chi connectivity index (χ1v) is 13.6. The molecule has 2 unspecified atom stereocenters. The van der Waals surface area contributed by atoms with Crippen molar-refractivity contribution in [3.05, 3.63) is 60.2 Å². The first kappa shape index (κ1) is 21.6. The Kier molecular flexibility index (Phi) is 7.11. The second-order valence-electron chi connectivity index (χ2n) is 8.40. The smallest absolute Gasteiger partial charge is 0.251 e. The van der Waals surface area contributed by atoms with Gasteiger partial charge in [-0.15, -0.1) is 0 Å². The Morgan fingerprint density at radius 2 is 1.83 bits per heavy atom. The van der Waals surface area contributed by atoms with E-state index >= 15 is 0 Å². The van der Waals surface area contributed by atoms with Crippen molar-refractivity contribution in [2.24, 2.45) is 0 Å². The van der Waals surface area contributed by atoms with E-state index in [-0.39, 0.29) is 11.9 Å². The maximum absolute atomic E-state index is 13.4. The van der Waals surface area contributed by atoms with E-state index in [2.05, 4.69) is 19.6 Å². The largest absolute Gasteiger partial charge is 0.457 e. The fourth-order valence-corrected chi connectivity index (χ4v) is 4.47. The molecule has 0 bridgehead atoms. The van der Waals surface area contributed by atoms with Crippen molar-refractivity contribution >= 4 is 14.2 Å². The zero-order valence-electron chi connectivity index (χ0n) is 17.8. The zero-order valence-corrected chi connectivity index (χ0v) is 18.8. The summed E-state index contributed by atoms with van der Waals surface area (Å²) in [6, 6.07) is 17.6. The van der Waals surface area contributed by atoms with Crippen LogP contribution in [-0.4, -0.2) is 51.0 Å². The maximum Gasteiger partial charge on any atom is 0.251 e. The first-order valence-electron chi connectivity index (χ1n) is 10.2. The van der Waals surface area contributed by atoms with Crippen LogP contribution in [0.2, 0.25) is 19.6 Å². The molecule has 0 N–H and O–H groups in total. The predicted octanol–water partition coefficient (Wildman–Crippen LogP) is 4.49. The fraction of sp³-hybridized carbons (Fsp3) is 0.435. The molecule has 6 heteroatoms. The molecule has 0 aliphatic carbocycles. The molecule has 0 aromatic heterocycles. The average molecular weight is 414 g/mol. The van der Waals surface area contributed by atoms with Gasteiger partial charge in [-0.25, -0.2) is 0 Å². The summed E-state index contributed by atoms with van der Waals surface area (Å²) in [5, 5.41) is 0. The topological polar surface area (TPSA) is 48.0 Å². The number of carbonyl (C=O) groups excluding carboxylic acids is 1. The van der Waals surface area contributed by atoms with E-state index in [4.69, 9.17) is 13.9 Å². The summed E-state index contributed by atoms with van der Waals surface area (Å²) in [7, 11) is -1.93. The molecule has 156 valence electrons. The summed E-state index contributed by atoms with van der Waals surface area (Å²) in [6.45, 7) is 10.1. The number of carbonyl (C=O) groups is 1. The van der Waals surface area contributed by atoms with Crippen molar-refractivity contribution in [3.8, 4) is 11.5 Å². The molecule has 1 amide bonds. The Bertz CT molecular complexity index is 806. The average Bonchev–Trinajstić information content (AvgIpc) is 2.68. The van der Waals surface area contributed by atoms with Crippen molar-refractivity contribution in [2.45, 2.75) is 45.1 Å². The van der Waals surface area contributed by atoms with Crippen LogP contribution in [0.3, 0.4) is 0 Å². The van der Waals surface area contributed by atoms with Crippen LogP contribution in [-0.2, 0) is 20.4 Å². The van der Waals surface area contributed by atoms with Crippen molar-refractivity contribution < 1.29 is 18.7 Å². The summed E-state index contributed by atoms with van der Waals surface area (Å²) in [5.74, 6) is 1.57. The molecule has 0 radical (unpaired) electrons. The van der Waals surface area contributed by atoms with Gasteiger partial charge in [0.2, 0.25) is 0 Å². The number of nitrogens with zero attached hydrogens (tertiary/aromatic N) is 1. The van der Waals surface area contributed by atoms with Gasteiger partial charge in [0, 0.05) is 13.0 Å². The third-order valence-corrected chi connectivity index (χ3v) is 5.76. The summed E-state index contributed by atoms with van der Waals surface area (Å²) in [5.41, 5.74) is 0.967. The van der Waals surface area contributed by atoms with Gasteiger partial charge in [0.05, 0.1) is 19.3 Å². The lowest BCUT2D eigenvalue weighted by molar-refractivity contribution is -0.147. The van der Waals surface area contributed by atoms with E-state index in [1.165, 1.54) is 0 Å². The van der Waals surface area contributed by atoms with E-state index in [1.807, 2.05) is 66.4 Å². The maximum atomic E-state index is 13.4. The number of benzene rings is 2. The van der Waals surface area contributed by atoms with Crippen molar-refractivity contribution in [3.63, 3.8) is 0 Å². The van der Waals surface area contributed by atoms with Crippen LogP contribution in [0.5, 0.6) is 11.5 Å². The number of morpholine rings is 1. The second-order valence-corrected chi connectivity index (χ2v) is 12.9. The molecule has 2 aromatic carbocycles. The molecular formula is C23H31NO4Si. The Hall–Kier alpha value is -2.15. The number of hydrogen-bond acceptors (Lipinski definition) is 4. The standard InChI is InChI=1S/C23H31NO4Si/c1-18-17-26-15-14-24(18)23(25)22(28-29(2,3)4)16-19-10-8-9-13-21(19)27-20-11-6-5-7-12-20/h5-13,18,22H,14-17H2,1-4H3. The van der Waals surface area contributed by atoms with Crippen LogP contribution in [0.1, 0.15) is 12.5 Å². The Morgan fingerprint density at radius 1 is 1.14 bits per heavy atom. The number of hydrogen-bond donors (Lipinski definition) is 0. The number of rotatable bonds is 7. The Labute approximate surface area is 174 Å². The van der Waals surface area contributed by atoms with Crippen molar-refractivity contribution in [1.82, 2.24) is 4.90 Å². The lowest BCUT2D eigenvalue weighted by atomic mass is 10.0. The second kappa shape index (κ2) is 9.56. The lowest BCUT2D eigenvalue weighted by Gasteiger charge is -2.37. The van der Waals surface area contributed by atoms with Crippen LogP contribution >= 0.6 is 0 Å². The summed E-state index contributed by atoms with van der Waals surface area (Å²) >= 11 is 0. The van der Waals surface area contributed by atoms with Gasteiger partial charge in [0.15, 0.2) is 8.32 Å². The first-order chi connectivity index (χ1) is 13.8. The molecule has 1 saturated heterocycles. The third-order valence-electron chi connectivity index (χ3n) is 4.77. The number of para-hydroxylation sites is 2.